The standard InChI is InChI=1S/C18H27N3O3/c1-12(22)24-15-8-6-7-13(9-15)19-16(23)20-14-10-17(2,3)21-18(4,5)11-14/h6-9,14,21H,10-11H2,1-5H3,(H2,19,20,23). The first kappa shape index (κ1) is 18.3. The number of rotatable bonds is 3. The van der Waals surface area contributed by atoms with Crippen molar-refractivity contribution in [3.05, 3.63) is 24.3 Å². The first-order valence-electron chi connectivity index (χ1n) is 8.20. The van der Waals surface area contributed by atoms with Crippen molar-refractivity contribution in [3.8, 4) is 5.75 Å². The highest BCUT2D eigenvalue weighted by Gasteiger charge is 2.38. The van der Waals surface area contributed by atoms with Gasteiger partial charge in [0.2, 0.25) is 0 Å². The molecule has 1 fully saturated rings. The van der Waals surface area contributed by atoms with Gasteiger partial charge in [-0.1, -0.05) is 6.07 Å². The van der Waals surface area contributed by atoms with Crippen LogP contribution >= 0.6 is 0 Å². The van der Waals surface area contributed by atoms with Crippen molar-refractivity contribution in [1.82, 2.24) is 10.6 Å². The van der Waals surface area contributed by atoms with Crippen LogP contribution in [0.15, 0.2) is 24.3 Å². The largest absolute Gasteiger partial charge is 0.427 e. The molecule has 132 valence electrons. The second-order valence-electron chi connectivity index (χ2n) is 7.72. The van der Waals surface area contributed by atoms with Crippen molar-refractivity contribution in [3.63, 3.8) is 0 Å². The third kappa shape index (κ3) is 5.53. The van der Waals surface area contributed by atoms with Gasteiger partial charge in [0.25, 0.3) is 0 Å². The lowest BCUT2D eigenvalue weighted by Crippen LogP contribution is -2.62. The maximum Gasteiger partial charge on any atom is 0.319 e. The highest BCUT2D eigenvalue weighted by molar-refractivity contribution is 5.89. The normalized spacial score (nSPS) is 19.4. The predicted molar refractivity (Wildman–Crippen MR) is 94.2 cm³/mol. The Labute approximate surface area is 143 Å². The van der Waals surface area contributed by atoms with Crippen LogP contribution in [-0.4, -0.2) is 29.1 Å². The number of nitrogens with one attached hydrogen (secondary N) is 3. The third-order valence-electron chi connectivity index (χ3n) is 3.88. The molecule has 0 saturated carbocycles. The lowest BCUT2D eigenvalue weighted by Gasteiger charge is -2.46. The van der Waals surface area contributed by atoms with E-state index in [0.717, 1.165) is 12.8 Å². The van der Waals surface area contributed by atoms with Gasteiger partial charge in [0.1, 0.15) is 5.75 Å². The summed E-state index contributed by atoms with van der Waals surface area (Å²) in [6.07, 6.45) is 1.72. The van der Waals surface area contributed by atoms with Crippen LogP contribution < -0.4 is 20.7 Å². The molecular weight excluding hydrogens is 306 g/mol. The Morgan fingerprint density at radius 1 is 1.17 bits per heavy atom. The molecular formula is C18H27N3O3. The minimum atomic E-state index is -0.393. The van der Waals surface area contributed by atoms with Gasteiger partial charge < -0.3 is 20.7 Å². The molecule has 24 heavy (non-hydrogen) atoms. The van der Waals surface area contributed by atoms with Gasteiger partial charge in [-0.3, -0.25) is 4.79 Å². The molecule has 1 saturated heterocycles. The van der Waals surface area contributed by atoms with E-state index < -0.39 is 5.97 Å². The summed E-state index contributed by atoms with van der Waals surface area (Å²) in [5, 5.41) is 9.43. The second kappa shape index (κ2) is 6.81. The average molecular weight is 333 g/mol. The Hall–Kier alpha value is -2.08. The van der Waals surface area contributed by atoms with E-state index in [0.29, 0.717) is 11.4 Å². The molecule has 1 aromatic carbocycles. The Bertz CT molecular complexity index is 610. The highest BCUT2D eigenvalue weighted by Crippen LogP contribution is 2.28. The topological polar surface area (TPSA) is 79.5 Å². The van der Waals surface area contributed by atoms with E-state index >= 15 is 0 Å². The summed E-state index contributed by atoms with van der Waals surface area (Å²) in [5.41, 5.74) is 0.517. The van der Waals surface area contributed by atoms with Gasteiger partial charge in [0.15, 0.2) is 0 Å². The average Bonchev–Trinajstić information content (AvgIpc) is 2.33. The summed E-state index contributed by atoms with van der Waals surface area (Å²) >= 11 is 0. The summed E-state index contributed by atoms with van der Waals surface area (Å²) in [7, 11) is 0. The van der Waals surface area contributed by atoms with Crippen LogP contribution in [-0.2, 0) is 4.79 Å². The summed E-state index contributed by atoms with van der Waals surface area (Å²) in [6, 6.07) is 6.61. The number of urea groups is 1. The van der Waals surface area contributed by atoms with Crippen molar-refractivity contribution in [2.75, 3.05) is 5.32 Å². The number of ether oxygens (including phenoxy) is 1. The number of carbonyl (C=O) groups excluding carboxylic acids is 2. The monoisotopic (exact) mass is 333 g/mol. The maximum absolute atomic E-state index is 12.3. The molecule has 3 N–H and O–H groups in total. The molecule has 1 aliphatic rings. The number of hydrogen-bond donors (Lipinski definition) is 3. The first-order valence-corrected chi connectivity index (χ1v) is 8.20. The van der Waals surface area contributed by atoms with Gasteiger partial charge >= 0.3 is 12.0 Å². The van der Waals surface area contributed by atoms with E-state index in [2.05, 4.69) is 43.6 Å². The van der Waals surface area contributed by atoms with Crippen LogP contribution in [0, 0.1) is 0 Å². The van der Waals surface area contributed by atoms with E-state index in [1.165, 1.54) is 6.92 Å². The summed E-state index contributed by atoms with van der Waals surface area (Å²) in [5.74, 6) is 0.0141. The van der Waals surface area contributed by atoms with Gasteiger partial charge in [-0.05, 0) is 52.7 Å². The molecule has 0 atom stereocenters. The lowest BCUT2D eigenvalue weighted by atomic mass is 9.80. The fourth-order valence-corrected chi connectivity index (χ4v) is 3.58. The van der Waals surface area contributed by atoms with Gasteiger partial charge in [-0.15, -0.1) is 0 Å². The number of hydrogen-bond acceptors (Lipinski definition) is 4. The van der Waals surface area contributed by atoms with Crippen LogP contribution in [0.25, 0.3) is 0 Å². The van der Waals surface area contributed by atoms with Gasteiger partial charge in [0, 0.05) is 35.8 Å². The zero-order chi connectivity index (χ0) is 18.0. The van der Waals surface area contributed by atoms with Crippen molar-refractivity contribution >= 4 is 17.7 Å². The summed E-state index contributed by atoms with van der Waals surface area (Å²) < 4.78 is 5.02. The Balaban J connectivity index is 1.97. The predicted octanol–water partition coefficient (Wildman–Crippen LogP) is 3.04. The Morgan fingerprint density at radius 2 is 1.79 bits per heavy atom. The van der Waals surface area contributed by atoms with Crippen LogP contribution in [0.4, 0.5) is 10.5 Å². The molecule has 2 amide bonds. The molecule has 2 rings (SSSR count). The van der Waals surface area contributed by atoms with E-state index in [9.17, 15) is 9.59 Å². The van der Waals surface area contributed by atoms with Gasteiger partial charge in [0.05, 0.1) is 0 Å². The highest BCUT2D eigenvalue weighted by atomic mass is 16.5. The van der Waals surface area contributed by atoms with E-state index in [1.54, 1.807) is 24.3 Å². The van der Waals surface area contributed by atoms with Gasteiger partial charge in [-0.25, -0.2) is 4.79 Å². The number of esters is 1. The number of carbonyl (C=O) groups is 2. The van der Waals surface area contributed by atoms with E-state index in [4.69, 9.17) is 4.74 Å². The smallest absolute Gasteiger partial charge is 0.319 e. The number of piperidine rings is 1. The molecule has 0 aromatic heterocycles. The molecule has 6 nitrogen and oxygen atoms in total. The minimum absolute atomic E-state index is 0.0328. The number of amides is 2. The van der Waals surface area contributed by atoms with Crippen molar-refractivity contribution < 1.29 is 14.3 Å². The molecule has 1 heterocycles. The number of benzene rings is 1. The van der Waals surface area contributed by atoms with Crippen LogP contribution in [0.1, 0.15) is 47.5 Å². The zero-order valence-electron chi connectivity index (χ0n) is 15.0. The minimum Gasteiger partial charge on any atom is -0.427 e. The molecule has 1 aromatic rings. The zero-order valence-corrected chi connectivity index (χ0v) is 15.0. The second-order valence-corrected chi connectivity index (χ2v) is 7.72. The first-order chi connectivity index (χ1) is 11.0. The van der Waals surface area contributed by atoms with Crippen LogP contribution in [0.2, 0.25) is 0 Å². The quantitative estimate of drug-likeness (QED) is 0.587. The fourth-order valence-electron chi connectivity index (χ4n) is 3.58. The molecule has 0 aliphatic carbocycles. The van der Waals surface area contributed by atoms with E-state index in [-0.39, 0.29) is 23.2 Å². The molecule has 0 radical (unpaired) electrons. The van der Waals surface area contributed by atoms with E-state index in [1.807, 2.05) is 0 Å². The van der Waals surface area contributed by atoms with Crippen molar-refractivity contribution in [2.24, 2.45) is 0 Å². The fraction of sp³-hybridized carbons (Fsp3) is 0.556. The lowest BCUT2D eigenvalue weighted by molar-refractivity contribution is -0.131. The SMILES string of the molecule is CC(=O)Oc1cccc(NC(=O)NC2CC(C)(C)NC(C)(C)C2)c1. The molecule has 1 aliphatic heterocycles. The number of anilines is 1. The van der Waals surface area contributed by atoms with Crippen molar-refractivity contribution in [2.45, 2.75) is 64.6 Å². The maximum atomic E-state index is 12.3. The summed E-state index contributed by atoms with van der Waals surface area (Å²) in [4.78, 5) is 23.3. The molecule has 6 heteroatoms. The molecule has 0 spiro atoms. The van der Waals surface area contributed by atoms with Crippen LogP contribution in [0.3, 0.4) is 0 Å². The van der Waals surface area contributed by atoms with Crippen LogP contribution in [0.5, 0.6) is 5.75 Å². The third-order valence-corrected chi connectivity index (χ3v) is 3.88. The van der Waals surface area contributed by atoms with Crippen molar-refractivity contribution in [1.29, 1.82) is 0 Å². The van der Waals surface area contributed by atoms with Gasteiger partial charge in [-0.2, -0.15) is 0 Å². The summed E-state index contributed by atoms with van der Waals surface area (Å²) in [6.45, 7) is 9.91. The Kier molecular flexibility index (Phi) is 5.18. The molecule has 0 unspecified atom stereocenters. The Morgan fingerprint density at radius 3 is 2.38 bits per heavy atom. The molecule has 0 bridgehead atoms.